The molecule has 0 radical (unpaired) electrons. The van der Waals surface area contributed by atoms with Crippen LogP contribution in [0.4, 0.5) is 0 Å². The molecule has 0 aliphatic rings. The van der Waals surface area contributed by atoms with Gasteiger partial charge in [0.05, 0.1) is 13.5 Å². The van der Waals surface area contributed by atoms with Crippen molar-refractivity contribution in [3.8, 4) is 11.5 Å². The maximum absolute atomic E-state index is 12.2. The van der Waals surface area contributed by atoms with Crippen LogP contribution in [0.3, 0.4) is 0 Å². The summed E-state index contributed by atoms with van der Waals surface area (Å²) in [5.74, 6) is 0.918. The molecule has 0 aliphatic heterocycles. The molecule has 3 aromatic rings. The van der Waals surface area contributed by atoms with Crippen LogP contribution in [0, 0.1) is 0 Å². The topological polar surface area (TPSA) is 89.6 Å². The highest BCUT2D eigenvalue weighted by Gasteiger charge is 2.12. The Morgan fingerprint density at radius 2 is 1.83 bits per heavy atom. The minimum Gasteiger partial charge on any atom is -0.493 e. The van der Waals surface area contributed by atoms with Gasteiger partial charge in [-0.1, -0.05) is 18.2 Å². The van der Waals surface area contributed by atoms with Crippen molar-refractivity contribution >= 4 is 34.5 Å². The first-order valence-corrected chi connectivity index (χ1v) is 10.7. The Morgan fingerprint density at radius 3 is 2.59 bits per heavy atom. The third kappa shape index (κ3) is 6.30. The van der Waals surface area contributed by atoms with Gasteiger partial charge in [-0.3, -0.25) is 9.59 Å². The maximum Gasteiger partial charge on any atom is 0.270 e. The van der Waals surface area contributed by atoms with Crippen LogP contribution in [0.25, 0.3) is 0 Å². The summed E-state index contributed by atoms with van der Waals surface area (Å²) in [6.45, 7) is 0.945. The lowest BCUT2D eigenvalue weighted by Crippen LogP contribution is -2.35. The number of hydrogen-bond acceptors (Lipinski definition) is 7. The Bertz CT molecular complexity index is 941. The monoisotopic (exact) mass is 431 g/mol. The SMILES string of the molecule is COc1ccccc1OCc1nc(C(=O)NCCNC(=O)Cc2cccs2)cs1. The smallest absolute Gasteiger partial charge is 0.270 e. The van der Waals surface area contributed by atoms with Gasteiger partial charge in [-0.05, 0) is 23.6 Å². The summed E-state index contributed by atoms with van der Waals surface area (Å²) in [6.07, 6.45) is 0.354. The predicted octanol–water partition coefficient (Wildman–Crippen LogP) is 2.88. The fourth-order valence-corrected chi connectivity index (χ4v) is 3.85. The van der Waals surface area contributed by atoms with Gasteiger partial charge in [0.15, 0.2) is 11.5 Å². The third-order valence-corrected chi connectivity index (χ3v) is 5.55. The van der Waals surface area contributed by atoms with E-state index in [-0.39, 0.29) is 18.4 Å². The number of nitrogens with one attached hydrogen (secondary N) is 2. The number of carbonyl (C=O) groups excluding carboxylic acids is 2. The number of carbonyl (C=O) groups is 2. The van der Waals surface area contributed by atoms with Crippen LogP contribution in [-0.2, 0) is 17.8 Å². The second-order valence-electron chi connectivity index (χ2n) is 5.93. The van der Waals surface area contributed by atoms with E-state index in [4.69, 9.17) is 9.47 Å². The fraction of sp³-hybridized carbons (Fsp3) is 0.250. The molecular weight excluding hydrogens is 410 g/mol. The van der Waals surface area contributed by atoms with Gasteiger partial charge in [-0.25, -0.2) is 4.98 Å². The van der Waals surface area contributed by atoms with Crippen LogP contribution in [-0.4, -0.2) is 37.0 Å². The molecule has 0 atom stereocenters. The van der Waals surface area contributed by atoms with Gasteiger partial charge in [0, 0.05) is 23.3 Å². The molecule has 7 nitrogen and oxygen atoms in total. The zero-order chi connectivity index (χ0) is 20.5. The minimum absolute atomic E-state index is 0.0638. The molecule has 2 amide bonds. The van der Waals surface area contributed by atoms with E-state index in [1.165, 1.54) is 11.3 Å². The molecule has 0 saturated heterocycles. The first kappa shape index (κ1) is 20.8. The molecular formula is C20H21N3O4S2. The van der Waals surface area contributed by atoms with E-state index in [9.17, 15) is 9.59 Å². The zero-order valence-electron chi connectivity index (χ0n) is 15.8. The summed E-state index contributed by atoms with van der Waals surface area (Å²) in [5, 5.41) is 9.84. The number of para-hydroxylation sites is 2. The average Bonchev–Trinajstić information content (AvgIpc) is 3.42. The highest BCUT2D eigenvalue weighted by atomic mass is 32.1. The molecule has 0 aliphatic carbocycles. The molecule has 0 saturated carbocycles. The van der Waals surface area contributed by atoms with Crippen molar-refractivity contribution < 1.29 is 19.1 Å². The van der Waals surface area contributed by atoms with Crippen molar-refractivity contribution in [3.63, 3.8) is 0 Å². The van der Waals surface area contributed by atoms with Gasteiger partial charge in [0.25, 0.3) is 5.91 Å². The van der Waals surface area contributed by atoms with Crippen LogP contribution >= 0.6 is 22.7 Å². The number of amides is 2. The second kappa shape index (κ2) is 10.6. The number of thiazole rings is 1. The van der Waals surface area contributed by atoms with Crippen molar-refractivity contribution in [1.82, 2.24) is 15.6 Å². The Kier molecular flexibility index (Phi) is 7.60. The van der Waals surface area contributed by atoms with Gasteiger partial charge < -0.3 is 20.1 Å². The van der Waals surface area contributed by atoms with Crippen molar-refractivity contribution in [1.29, 1.82) is 0 Å². The van der Waals surface area contributed by atoms with Crippen LogP contribution in [0.2, 0.25) is 0 Å². The largest absolute Gasteiger partial charge is 0.493 e. The molecule has 2 heterocycles. The number of aromatic nitrogens is 1. The standard InChI is InChI=1S/C20H21N3O4S2/c1-26-16-6-2-3-7-17(16)27-12-19-23-15(13-29-19)20(25)22-9-8-21-18(24)11-14-5-4-10-28-14/h2-7,10,13H,8-9,11-12H2,1H3,(H,21,24)(H,22,25). The summed E-state index contributed by atoms with van der Waals surface area (Å²) in [5.41, 5.74) is 0.332. The summed E-state index contributed by atoms with van der Waals surface area (Å²) in [7, 11) is 1.58. The normalized spacial score (nSPS) is 10.4. The molecule has 1 aromatic carbocycles. The van der Waals surface area contributed by atoms with E-state index in [2.05, 4.69) is 15.6 Å². The predicted molar refractivity (Wildman–Crippen MR) is 113 cm³/mol. The van der Waals surface area contributed by atoms with E-state index in [0.717, 1.165) is 4.88 Å². The quantitative estimate of drug-likeness (QED) is 0.482. The van der Waals surface area contributed by atoms with Gasteiger partial charge in [-0.2, -0.15) is 0 Å². The molecule has 2 N–H and O–H groups in total. The molecule has 2 aromatic heterocycles. The lowest BCUT2D eigenvalue weighted by molar-refractivity contribution is -0.120. The molecule has 0 bridgehead atoms. The highest BCUT2D eigenvalue weighted by Crippen LogP contribution is 2.27. The van der Waals surface area contributed by atoms with Crippen LogP contribution in [0.1, 0.15) is 20.4 Å². The Hall–Kier alpha value is -2.91. The van der Waals surface area contributed by atoms with Crippen molar-refractivity contribution in [2.45, 2.75) is 13.0 Å². The number of rotatable bonds is 10. The number of thiophene rings is 1. The number of hydrogen-bond donors (Lipinski definition) is 2. The van der Waals surface area contributed by atoms with Crippen molar-refractivity contribution in [2.75, 3.05) is 20.2 Å². The van der Waals surface area contributed by atoms with Crippen LogP contribution in [0.5, 0.6) is 11.5 Å². The Labute approximate surface area is 176 Å². The molecule has 3 rings (SSSR count). The molecule has 152 valence electrons. The molecule has 0 fully saturated rings. The number of nitrogens with zero attached hydrogens (tertiary/aromatic N) is 1. The number of ether oxygens (including phenoxy) is 2. The lowest BCUT2D eigenvalue weighted by Gasteiger charge is -2.08. The average molecular weight is 432 g/mol. The fourth-order valence-electron chi connectivity index (χ4n) is 2.46. The van der Waals surface area contributed by atoms with E-state index in [0.29, 0.717) is 41.7 Å². The van der Waals surface area contributed by atoms with E-state index in [1.807, 2.05) is 41.8 Å². The van der Waals surface area contributed by atoms with Crippen LogP contribution < -0.4 is 20.1 Å². The zero-order valence-corrected chi connectivity index (χ0v) is 17.5. The summed E-state index contributed by atoms with van der Waals surface area (Å²) in [4.78, 5) is 29.3. The first-order valence-electron chi connectivity index (χ1n) is 8.93. The van der Waals surface area contributed by atoms with Gasteiger partial charge in [0.2, 0.25) is 5.91 Å². The van der Waals surface area contributed by atoms with Crippen LogP contribution in [0.15, 0.2) is 47.2 Å². The second-order valence-corrected chi connectivity index (χ2v) is 7.90. The molecule has 9 heteroatoms. The maximum atomic E-state index is 12.2. The van der Waals surface area contributed by atoms with E-state index < -0.39 is 0 Å². The highest BCUT2D eigenvalue weighted by molar-refractivity contribution is 7.10. The Balaban J connectivity index is 1.39. The summed E-state index contributed by atoms with van der Waals surface area (Å²) < 4.78 is 11.0. The molecule has 0 unspecified atom stereocenters. The Morgan fingerprint density at radius 1 is 1.03 bits per heavy atom. The molecule has 29 heavy (non-hydrogen) atoms. The first-order chi connectivity index (χ1) is 14.2. The minimum atomic E-state index is -0.280. The summed E-state index contributed by atoms with van der Waals surface area (Å²) >= 11 is 2.89. The van der Waals surface area contributed by atoms with Gasteiger partial charge in [-0.15, -0.1) is 22.7 Å². The van der Waals surface area contributed by atoms with Crippen molar-refractivity contribution in [2.24, 2.45) is 0 Å². The van der Waals surface area contributed by atoms with Gasteiger partial charge >= 0.3 is 0 Å². The lowest BCUT2D eigenvalue weighted by atomic mass is 10.3. The van der Waals surface area contributed by atoms with E-state index >= 15 is 0 Å². The van der Waals surface area contributed by atoms with E-state index in [1.54, 1.807) is 23.8 Å². The number of methoxy groups -OCH3 is 1. The van der Waals surface area contributed by atoms with Crippen molar-refractivity contribution in [3.05, 3.63) is 62.7 Å². The summed E-state index contributed by atoms with van der Waals surface area (Å²) in [6, 6.07) is 11.2. The molecule has 0 spiro atoms. The third-order valence-electron chi connectivity index (χ3n) is 3.85. The van der Waals surface area contributed by atoms with Gasteiger partial charge in [0.1, 0.15) is 17.3 Å². The number of benzene rings is 1.